The predicted molar refractivity (Wildman–Crippen MR) is 88.5 cm³/mol. The summed E-state index contributed by atoms with van der Waals surface area (Å²) in [6, 6.07) is 5.20. The van der Waals surface area contributed by atoms with Crippen molar-refractivity contribution in [2.24, 2.45) is 5.73 Å². The lowest BCUT2D eigenvalue weighted by molar-refractivity contribution is 0.100. The normalized spacial score (nSPS) is 10.7. The van der Waals surface area contributed by atoms with E-state index in [0.29, 0.717) is 10.6 Å². The largest absolute Gasteiger partial charge is 0.366 e. The summed E-state index contributed by atoms with van der Waals surface area (Å²) in [7, 11) is 0. The molecule has 0 aromatic heterocycles. The number of halogens is 1. The molecule has 1 amide bonds. The van der Waals surface area contributed by atoms with Gasteiger partial charge in [0.15, 0.2) is 0 Å². The summed E-state index contributed by atoms with van der Waals surface area (Å²) in [5.41, 5.74) is 6.66. The first-order valence-electron chi connectivity index (χ1n) is 6.93. The second-order valence-electron chi connectivity index (χ2n) is 4.75. The van der Waals surface area contributed by atoms with Crippen molar-refractivity contribution in [2.75, 3.05) is 18.6 Å². The minimum absolute atomic E-state index is 0.448. The van der Waals surface area contributed by atoms with Crippen molar-refractivity contribution in [2.45, 2.75) is 32.2 Å². The van der Waals surface area contributed by atoms with Gasteiger partial charge < -0.3 is 11.1 Å². The Morgan fingerprint density at radius 2 is 2.05 bits per heavy atom. The first-order chi connectivity index (χ1) is 9.65. The van der Waals surface area contributed by atoms with E-state index in [2.05, 4.69) is 11.6 Å². The Balaban J connectivity index is 2.20. The first kappa shape index (κ1) is 17.3. The number of nitrogens with two attached hydrogens (primary N) is 1. The van der Waals surface area contributed by atoms with Crippen LogP contribution in [-0.2, 0) is 6.54 Å². The van der Waals surface area contributed by atoms with Crippen molar-refractivity contribution >= 4 is 29.3 Å². The molecule has 1 aromatic rings. The summed E-state index contributed by atoms with van der Waals surface area (Å²) < 4.78 is 0. The zero-order valence-electron chi connectivity index (χ0n) is 12.0. The standard InChI is InChI=1S/C15H23ClN2OS/c1-20-9-5-3-2-4-8-18-11-13-7-6-12(15(17)19)10-14(13)16/h6-7,10,18H,2-5,8-9,11H2,1H3,(H2,17,19). The number of primary amides is 1. The molecule has 0 aliphatic heterocycles. The molecule has 0 radical (unpaired) electrons. The van der Waals surface area contributed by atoms with Gasteiger partial charge in [-0.05, 0) is 49.1 Å². The van der Waals surface area contributed by atoms with E-state index in [1.165, 1.54) is 31.4 Å². The van der Waals surface area contributed by atoms with E-state index in [4.69, 9.17) is 17.3 Å². The van der Waals surface area contributed by atoms with Gasteiger partial charge in [-0.2, -0.15) is 11.8 Å². The van der Waals surface area contributed by atoms with Gasteiger partial charge in [-0.25, -0.2) is 0 Å². The van der Waals surface area contributed by atoms with Crippen LogP contribution >= 0.6 is 23.4 Å². The van der Waals surface area contributed by atoms with E-state index < -0.39 is 5.91 Å². The maximum absolute atomic E-state index is 11.0. The number of rotatable bonds is 10. The molecule has 0 heterocycles. The zero-order chi connectivity index (χ0) is 14.8. The van der Waals surface area contributed by atoms with E-state index in [1.54, 1.807) is 12.1 Å². The van der Waals surface area contributed by atoms with Crippen molar-refractivity contribution in [1.29, 1.82) is 0 Å². The summed E-state index contributed by atoms with van der Waals surface area (Å²) >= 11 is 8.03. The van der Waals surface area contributed by atoms with E-state index >= 15 is 0 Å². The van der Waals surface area contributed by atoms with Crippen molar-refractivity contribution in [3.8, 4) is 0 Å². The second-order valence-corrected chi connectivity index (χ2v) is 6.15. The summed E-state index contributed by atoms with van der Waals surface area (Å²) in [5, 5.41) is 3.97. The van der Waals surface area contributed by atoms with Crippen molar-refractivity contribution in [3.05, 3.63) is 34.3 Å². The molecule has 0 atom stereocenters. The lowest BCUT2D eigenvalue weighted by Gasteiger charge is -2.07. The van der Waals surface area contributed by atoms with Crippen LogP contribution in [0.4, 0.5) is 0 Å². The van der Waals surface area contributed by atoms with Crippen molar-refractivity contribution in [1.82, 2.24) is 5.32 Å². The van der Waals surface area contributed by atoms with Crippen molar-refractivity contribution < 1.29 is 4.79 Å². The van der Waals surface area contributed by atoms with Crippen LogP contribution in [0.25, 0.3) is 0 Å². The number of unbranched alkanes of at least 4 members (excludes halogenated alkanes) is 3. The first-order valence-corrected chi connectivity index (χ1v) is 8.70. The highest BCUT2D eigenvalue weighted by Gasteiger charge is 2.05. The Bertz CT molecular complexity index is 426. The molecule has 5 heteroatoms. The van der Waals surface area contributed by atoms with Crippen LogP contribution in [0.2, 0.25) is 5.02 Å². The average molecular weight is 315 g/mol. The monoisotopic (exact) mass is 314 g/mol. The van der Waals surface area contributed by atoms with Crippen LogP contribution in [0.1, 0.15) is 41.6 Å². The van der Waals surface area contributed by atoms with Crippen LogP contribution in [0.5, 0.6) is 0 Å². The SMILES string of the molecule is CSCCCCCCNCc1ccc(C(N)=O)cc1Cl. The molecule has 0 fully saturated rings. The molecule has 0 aliphatic carbocycles. The molecular formula is C15H23ClN2OS. The van der Waals surface area contributed by atoms with Gasteiger partial charge in [0.25, 0.3) is 0 Å². The van der Waals surface area contributed by atoms with E-state index in [9.17, 15) is 4.79 Å². The average Bonchev–Trinajstić information content (AvgIpc) is 2.43. The third-order valence-electron chi connectivity index (χ3n) is 3.11. The molecule has 20 heavy (non-hydrogen) atoms. The molecular weight excluding hydrogens is 292 g/mol. The number of amides is 1. The lowest BCUT2D eigenvalue weighted by Crippen LogP contribution is -2.16. The van der Waals surface area contributed by atoms with E-state index in [-0.39, 0.29) is 0 Å². The van der Waals surface area contributed by atoms with Crippen LogP contribution in [0, 0.1) is 0 Å². The summed E-state index contributed by atoms with van der Waals surface area (Å²) in [6.45, 7) is 1.72. The predicted octanol–water partition coefficient (Wildman–Crippen LogP) is 3.45. The molecule has 0 saturated heterocycles. The van der Waals surface area contributed by atoms with Gasteiger partial charge in [-0.15, -0.1) is 0 Å². The van der Waals surface area contributed by atoms with E-state index in [1.807, 2.05) is 17.8 Å². The Morgan fingerprint density at radius 3 is 2.70 bits per heavy atom. The number of thioether (sulfide) groups is 1. The van der Waals surface area contributed by atoms with Gasteiger partial charge in [-0.1, -0.05) is 30.5 Å². The van der Waals surface area contributed by atoms with Crippen LogP contribution < -0.4 is 11.1 Å². The lowest BCUT2D eigenvalue weighted by atomic mass is 10.1. The topological polar surface area (TPSA) is 55.1 Å². The number of nitrogens with one attached hydrogen (secondary N) is 1. The summed E-state index contributed by atoms with van der Waals surface area (Å²) in [6.07, 6.45) is 7.21. The molecule has 112 valence electrons. The fourth-order valence-electron chi connectivity index (χ4n) is 1.92. The van der Waals surface area contributed by atoms with Crippen molar-refractivity contribution in [3.63, 3.8) is 0 Å². The summed E-state index contributed by atoms with van der Waals surface area (Å²) in [4.78, 5) is 11.0. The van der Waals surface area contributed by atoms with Gasteiger partial charge in [0, 0.05) is 17.1 Å². The van der Waals surface area contributed by atoms with Crippen LogP contribution in [-0.4, -0.2) is 24.5 Å². The maximum atomic E-state index is 11.0. The molecule has 0 bridgehead atoms. The Labute approximate surface area is 130 Å². The third-order valence-corrected chi connectivity index (χ3v) is 4.15. The molecule has 3 N–H and O–H groups in total. The number of hydrogen-bond donors (Lipinski definition) is 2. The Hall–Kier alpha value is -0.710. The fraction of sp³-hybridized carbons (Fsp3) is 0.533. The number of hydrogen-bond acceptors (Lipinski definition) is 3. The van der Waals surface area contributed by atoms with Gasteiger partial charge in [0.2, 0.25) is 5.91 Å². The molecule has 3 nitrogen and oxygen atoms in total. The molecule has 1 rings (SSSR count). The minimum atomic E-state index is -0.448. The zero-order valence-corrected chi connectivity index (χ0v) is 13.5. The Kier molecular flexibility index (Phi) is 8.74. The second kappa shape index (κ2) is 10.1. The van der Waals surface area contributed by atoms with Gasteiger partial charge >= 0.3 is 0 Å². The summed E-state index contributed by atoms with van der Waals surface area (Å²) in [5.74, 6) is 0.812. The molecule has 0 spiro atoms. The highest BCUT2D eigenvalue weighted by molar-refractivity contribution is 7.98. The van der Waals surface area contributed by atoms with Gasteiger partial charge in [0.1, 0.15) is 0 Å². The van der Waals surface area contributed by atoms with E-state index in [0.717, 1.165) is 18.7 Å². The third kappa shape index (κ3) is 6.64. The Morgan fingerprint density at radius 1 is 1.30 bits per heavy atom. The molecule has 1 aromatic carbocycles. The highest BCUT2D eigenvalue weighted by Crippen LogP contribution is 2.17. The highest BCUT2D eigenvalue weighted by atomic mass is 35.5. The minimum Gasteiger partial charge on any atom is -0.366 e. The van der Waals surface area contributed by atoms with Gasteiger partial charge in [0.05, 0.1) is 0 Å². The molecule has 0 aliphatic rings. The molecule has 0 unspecified atom stereocenters. The molecule has 0 saturated carbocycles. The number of carbonyl (C=O) groups excluding carboxylic acids is 1. The quantitative estimate of drug-likeness (QED) is 0.650. The van der Waals surface area contributed by atoms with Crippen LogP contribution in [0.3, 0.4) is 0 Å². The fourth-order valence-corrected chi connectivity index (χ4v) is 2.66. The smallest absolute Gasteiger partial charge is 0.248 e. The number of carbonyl (C=O) groups is 1. The number of benzene rings is 1. The van der Waals surface area contributed by atoms with Gasteiger partial charge in [-0.3, -0.25) is 4.79 Å². The van der Waals surface area contributed by atoms with Crippen LogP contribution in [0.15, 0.2) is 18.2 Å². The maximum Gasteiger partial charge on any atom is 0.248 e.